The number of anilines is 1. The molecule has 1 aliphatic carbocycles. The highest BCUT2D eigenvalue weighted by Crippen LogP contribution is 2.30. The standard InChI is InChI=1S/C16H16N2O4S2/c17-14(20)10-5-6-23-15(10)18-13(19)8-22-16(21)12-7-9-3-1-2-4-11(9)24-12/h5-7H,1-4,8H2,(H2,17,20)(H,18,19). The fraction of sp³-hybridized carbons (Fsp3) is 0.312. The van der Waals surface area contributed by atoms with Crippen molar-refractivity contribution in [1.29, 1.82) is 0 Å². The Hall–Kier alpha value is -2.19. The minimum absolute atomic E-state index is 0.241. The van der Waals surface area contributed by atoms with Gasteiger partial charge in [-0.05, 0) is 48.8 Å². The minimum Gasteiger partial charge on any atom is -0.451 e. The van der Waals surface area contributed by atoms with Crippen LogP contribution in [0.1, 0.15) is 43.3 Å². The lowest BCUT2D eigenvalue weighted by atomic mass is 9.99. The van der Waals surface area contributed by atoms with Crippen molar-refractivity contribution >= 4 is 45.5 Å². The highest BCUT2D eigenvalue weighted by Gasteiger charge is 2.19. The van der Waals surface area contributed by atoms with Gasteiger partial charge in [-0.1, -0.05) is 0 Å². The van der Waals surface area contributed by atoms with Gasteiger partial charge in [0.25, 0.3) is 11.8 Å². The number of aryl methyl sites for hydroxylation is 2. The molecule has 1 aliphatic rings. The number of ether oxygens (including phenoxy) is 1. The second-order valence-electron chi connectivity index (χ2n) is 5.42. The molecule has 0 saturated heterocycles. The summed E-state index contributed by atoms with van der Waals surface area (Å²) in [5, 5.41) is 4.54. The molecule has 126 valence electrons. The first-order valence-corrected chi connectivity index (χ1v) is 9.20. The summed E-state index contributed by atoms with van der Waals surface area (Å²) in [5.74, 6) is -1.62. The molecule has 3 N–H and O–H groups in total. The normalized spacial score (nSPS) is 13.2. The maximum Gasteiger partial charge on any atom is 0.348 e. The molecule has 0 unspecified atom stereocenters. The van der Waals surface area contributed by atoms with Gasteiger partial charge in [0.05, 0.1) is 5.56 Å². The third-order valence-corrected chi connectivity index (χ3v) is 5.76. The van der Waals surface area contributed by atoms with Crippen molar-refractivity contribution in [3.63, 3.8) is 0 Å². The fourth-order valence-electron chi connectivity index (χ4n) is 2.56. The Morgan fingerprint density at radius 2 is 2.04 bits per heavy atom. The zero-order chi connectivity index (χ0) is 17.1. The summed E-state index contributed by atoms with van der Waals surface area (Å²) in [6, 6.07) is 3.40. The van der Waals surface area contributed by atoms with Gasteiger partial charge in [0.15, 0.2) is 6.61 Å². The Kier molecular flexibility index (Phi) is 4.96. The maximum atomic E-state index is 12.1. The molecule has 2 heterocycles. The van der Waals surface area contributed by atoms with Crippen molar-refractivity contribution in [1.82, 2.24) is 0 Å². The SMILES string of the molecule is NC(=O)c1ccsc1NC(=O)COC(=O)c1cc2c(s1)CCCC2. The largest absolute Gasteiger partial charge is 0.451 e. The van der Waals surface area contributed by atoms with Gasteiger partial charge in [-0.25, -0.2) is 4.79 Å². The number of hydrogen-bond acceptors (Lipinski definition) is 6. The first-order chi connectivity index (χ1) is 11.5. The number of thiophene rings is 2. The van der Waals surface area contributed by atoms with Gasteiger partial charge in [0.2, 0.25) is 0 Å². The number of esters is 1. The van der Waals surface area contributed by atoms with Crippen LogP contribution < -0.4 is 11.1 Å². The predicted octanol–water partition coefficient (Wildman–Crippen LogP) is 2.58. The smallest absolute Gasteiger partial charge is 0.348 e. The highest BCUT2D eigenvalue weighted by atomic mass is 32.1. The van der Waals surface area contributed by atoms with Crippen molar-refractivity contribution in [2.75, 3.05) is 11.9 Å². The van der Waals surface area contributed by atoms with Crippen LogP contribution in [0.15, 0.2) is 17.5 Å². The second-order valence-corrected chi connectivity index (χ2v) is 7.47. The molecule has 0 atom stereocenters. The van der Waals surface area contributed by atoms with E-state index in [1.807, 2.05) is 6.07 Å². The topological polar surface area (TPSA) is 98.5 Å². The number of fused-ring (bicyclic) bond motifs is 1. The summed E-state index contributed by atoms with van der Waals surface area (Å²) < 4.78 is 5.06. The first-order valence-electron chi connectivity index (χ1n) is 7.50. The van der Waals surface area contributed by atoms with Gasteiger partial charge in [0.1, 0.15) is 9.88 Å². The van der Waals surface area contributed by atoms with Crippen LogP contribution in [0.5, 0.6) is 0 Å². The molecule has 24 heavy (non-hydrogen) atoms. The van der Waals surface area contributed by atoms with Gasteiger partial charge in [-0.15, -0.1) is 22.7 Å². The molecule has 6 nitrogen and oxygen atoms in total. The maximum absolute atomic E-state index is 12.1. The van der Waals surface area contributed by atoms with Crippen molar-refractivity contribution in [2.24, 2.45) is 5.73 Å². The molecule has 2 amide bonds. The average molecular weight is 364 g/mol. The molecule has 0 bridgehead atoms. The van der Waals surface area contributed by atoms with Crippen LogP contribution >= 0.6 is 22.7 Å². The molecular weight excluding hydrogens is 348 g/mol. The van der Waals surface area contributed by atoms with E-state index in [1.54, 1.807) is 5.38 Å². The molecule has 0 fully saturated rings. The molecule has 8 heteroatoms. The Balaban J connectivity index is 1.56. The van der Waals surface area contributed by atoms with Crippen LogP contribution in [0.3, 0.4) is 0 Å². The monoisotopic (exact) mass is 364 g/mol. The van der Waals surface area contributed by atoms with Gasteiger partial charge < -0.3 is 15.8 Å². The van der Waals surface area contributed by atoms with Gasteiger partial charge in [-0.2, -0.15) is 0 Å². The molecule has 3 rings (SSSR count). The molecule has 0 radical (unpaired) electrons. The lowest BCUT2D eigenvalue weighted by molar-refractivity contribution is -0.119. The van der Waals surface area contributed by atoms with E-state index in [9.17, 15) is 14.4 Å². The molecule has 2 aromatic heterocycles. The summed E-state index contributed by atoms with van der Waals surface area (Å²) in [6.07, 6.45) is 4.28. The molecule has 0 spiro atoms. The van der Waals surface area contributed by atoms with Crippen LogP contribution in [0.2, 0.25) is 0 Å². The quantitative estimate of drug-likeness (QED) is 0.797. The van der Waals surface area contributed by atoms with Crippen molar-refractivity contribution < 1.29 is 19.1 Å². The zero-order valence-corrected chi connectivity index (χ0v) is 14.4. The van der Waals surface area contributed by atoms with E-state index < -0.39 is 24.4 Å². The highest BCUT2D eigenvalue weighted by molar-refractivity contribution is 7.15. The van der Waals surface area contributed by atoms with Crippen molar-refractivity contribution in [3.8, 4) is 0 Å². The van der Waals surface area contributed by atoms with Crippen molar-refractivity contribution in [3.05, 3.63) is 38.4 Å². The van der Waals surface area contributed by atoms with Gasteiger partial charge in [0, 0.05) is 4.88 Å². The Bertz CT molecular complexity index is 770. The summed E-state index contributed by atoms with van der Waals surface area (Å²) >= 11 is 2.63. The van der Waals surface area contributed by atoms with Crippen molar-refractivity contribution in [2.45, 2.75) is 25.7 Å². The summed E-state index contributed by atoms with van der Waals surface area (Å²) in [4.78, 5) is 36.9. The van der Waals surface area contributed by atoms with Crippen LogP contribution in [-0.4, -0.2) is 24.4 Å². The molecular formula is C16H16N2O4S2. The van der Waals surface area contributed by atoms with Crippen LogP contribution in [-0.2, 0) is 22.4 Å². The Morgan fingerprint density at radius 3 is 2.79 bits per heavy atom. The number of primary amides is 1. The second kappa shape index (κ2) is 7.14. The average Bonchev–Trinajstić information content (AvgIpc) is 3.18. The number of carbonyl (C=O) groups is 3. The zero-order valence-electron chi connectivity index (χ0n) is 12.8. The summed E-state index contributed by atoms with van der Waals surface area (Å²) in [6.45, 7) is -0.405. The lowest BCUT2D eigenvalue weighted by Crippen LogP contribution is -2.22. The predicted molar refractivity (Wildman–Crippen MR) is 92.7 cm³/mol. The number of amides is 2. The van der Waals surface area contributed by atoms with E-state index in [4.69, 9.17) is 10.5 Å². The fourth-order valence-corrected chi connectivity index (χ4v) is 4.51. The number of nitrogens with two attached hydrogens (primary N) is 1. The van der Waals surface area contributed by atoms with E-state index in [0.29, 0.717) is 9.88 Å². The van der Waals surface area contributed by atoms with Gasteiger partial charge in [-0.3, -0.25) is 9.59 Å². The van der Waals surface area contributed by atoms with Crippen LogP contribution in [0, 0.1) is 0 Å². The Labute approximate surface area is 146 Å². The van der Waals surface area contributed by atoms with E-state index in [1.165, 1.54) is 39.2 Å². The molecule has 2 aromatic rings. The third-order valence-electron chi connectivity index (χ3n) is 3.72. The Morgan fingerprint density at radius 1 is 1.25 bits per heavy atom. The lowest BCUT2D eigenvalue weighted by Gasteiger charge is -2.08. The van der Waals surface area contributed by atoms with E-state index in [-0.39, 0.29) is 5.56 Å². The summed E-state index contributed by atoms with van der Waals surface area (Å²) in [5.41, 5.74) is 6.67. The first kappa shape index (κ1) is 16.7. The third kappa shape index (κ3) is 3.65. The molecule has 0 aromatic carbocycles. The van der Waals surface area contributed by atoms with Crippen LogP contribution in [0.4, 0.5) is 5.00 Å². The number of carbonyl (C=O) groups excluding carboxylic acids is 3. The van der Waals surface area contributed by atoms with Crippen LogP contribution in [0.25, 0.3) is 0 Å². The number of nitrogens with one attached hydrogen (secondary N) is 1. The summed E-state index contributed by atoms with van der Waals surface area (Å²) in [7, 11) is 0. The van der Waals surface area contributed by atoms with E-state index in [2.05, 4.69) is 5.32 Å². The molecule has 0 saturated carbocycles. The number of hydrogen-bond donors (Lipinski definition) is 2. The number of rotatable bonds is 5. The molecule has 0 aliphatic heterocycles. The van der Waals surface area contributed by atoms with E-state index in [0.717, 1.165) is 25.7 Å². The van der Waals surface area contributed by atoms with Gasteiger partial charge >= 0.3 is 5.97 Å². The minimum atomic E-state index is -0.618. The van der Waals surface area contributed by atoms with E-state index >= 15 is 0 Å².